The van der Waals surface area contributed by atoms with Crippen LogP contribution in [0.5, 0.6) is 0 Å². The van der Waals surface area contributed by atoms with Crippen molar-refractivity contribution in [3.05, 3.63) is 237 Å². The Hall–Kier alpha value is -8.40. The largest absolute Gasteiger partial charge is 0.309 e. The van der Waals surface area contributed by atoms with E-state index in [1.165, 1.54) is 98.8 Å². The van der Waals surface area contributed by atoms with Gasteiger partial charge in [-0.1, -0.05) is 140 Å². The molecule has 0 fully saturated rings. The summed E-state index contributed by atoms with van der Waals surface area (Å²) in [6.45, 7) is 0. The fourth-order valence-corrected chi connectivity index (χ4v) is 10.1. The predicted octanol–water partition coefficient (Wildman–Crippen LogP) is 16.0. The number of para-hydroxylation sites is 3. The van der Waals surface area contributed by atoms with E-state index >= 15 is 0 Å². The van der Waals surface area contributed by atoms with E-state index < -0.39 is 0 Å². The van der Waals surface area contributed by atoms with Gasteiger partial charge in [-0.25, -0.2) is 0 Å². The Morgan fingerprint density at radius 3 is 0.810 bits per heavy atom. The third-order valence-electron chi connectivity index (χ3n) is 13.0. The van der Waals surface area contributed by atoms with Crippen molar-refractivity contribution in [2.75, 3.05) is 0 Å². The Bertz CT molecular complexity index is 3820. The number of rotatable bonds is 6. The predicted molar refractivity (Wildman–Crippen MR) is 266 cm³/mol. The first-order valence-corrected chi connectivity index (χ1v) is 21.7. The second kappa shape index (κ2) is 14.1. The quantitative estimate of drug-likeness (QED) is 0.159. The van der Waals surface area contributed by atoms with Gasteiger partial charge in [-0.2, -0.15) is 0 Å². The number of hydrogen-bond donors (Lipinski definition) is 0. The van der Waals surface area contributed by atoms with E-state index in [0.29, 0.717) is 0 Å². The van der Waals surface area contributed by atoms with Gasteiger partial charge in [0.05, 0.1) is 33.1 Å². The van der Waals surface area contributed by atoms with Gasteiger partial charge in [-0.15, -0.1) is 0 Å². The molecule has 0 aliphatic heterocycles. The standard InChI is InChI=1S/C60H39N3/c1-4-14-40(15-5-1)42-24-32-57-51(36-42)53-38-44(26-34-58(53)61(57)46-18-8-3-9-19-46)45-27-35-60-54(39-45)52-37-43(41-16-6-2-7-17-41)25-33-59(52)63(60)48-30-28-47(29-31-48)62-55-22-12-10-20-49(55)50-21-11-13-23-56(50)62/h1-39H. The topological polar surface area (TPSA) is 14.8 Å². The molecule has 0 radical (unpaired) electrons. The SMILES string of the molecule is c1ccc(-c2ccc3c(c2)c2cc(-c4ccc5c(c4)c4cc(-c6ccccc6)ccc4n5-c4ccc(-n5c6ccccc6c6ccccc65)cc4)ccc2n3-c2ccccc2)cc1. The van der Waals surface area contributed by atoms with E-state index in [9.17, 15) is 0 Å². The molecule has 0 saturated carbocycles. The molecular weight excluding hydrogens is 763 g/mol. The summed E-state index contributed by atoms with van der Waals surface area (Å²) in [5, 5.41) is 7.47. The van der Waals surface area contributed by atoms with Crippen LogP contribution >= 0.6 is 0 Å². The first kappa shape index (κ1) is 35.4. The van der Waals surface area contributed by atoms with Crippen LogP contribution in [-0.4, -0.2) is 13.7 Å². The van der Waals surface area contributed by atoms with Gasteiger partial charge in [-0.3, -0.25) is 0 Å². The lowest BCUT2D eigenvalue weighted by Crippen LogP contribution is -1.97. The van der Waals surface area contributed by atoms with Crippen molar-refractivity contribution in [1.82, 2.24) is 13.7 Å². The molecule has 0 aliphatic carbocycles. The summed E-state index contributed by atoms with van der Waals surface area (Å²) >= 11 is 0. The van der Waals surface area contributed by atoms with Gasteiger partial charge in [0.2, 0.25) is 0 Å². The minimum absolute atomic E-state index is 1.13. The van der Waals surface area contributed by atoms with Crippen molar-refractivity contribution in [3.8, 4) is 50.4 Å². The maximum Gasteiger partial charge on any atom is 0.0541 e. The maximum atomic E-state index is 2.43. The lowest BCUT2D eigenvalue weighted by atomic mass is 9.98. The van der Waals surface area contributed by atoms with E-state index in [-0.39, 0.29) is 0 Å². The third kappa shape index (κ3) is 5.60. The minimum Gasteiger partial charge on any atom is -0.309 e. The van der Waals surface area contributed by atoms with E-state index in [2.05, 4.69) is 250 Å². The average molecular weight is 802 g/mol. The van der Waals surface area contributed by atoms with Gasteiger partial charge in [-0.05, 0) is 130 Å². The second-order valence-corrected chi connectivity index (χ2v) is 16.6. The summed E-state index contributed by atoms with van der Waals surface area (Å²) in [4.78, 5) is 0. The van der Waals surface area contributed by atoms with E-state index in [0.717, 1.165) is 17.1 Å². The van der Waals surface area contributed by atoms with Crippen LogP contribution < -0.4 is 0 Å². The van der Waals surface area contributed by atoms with Gasteiger partial charge in [0.25, 0.3) is 0 Å². The summed E-state index contributed by atoms with van der Waals surface area (Å²) in [7, 11) is 0. The smallest absolute Gasteiger partial charge is 0.0541 e. The van der Waals surface area contributed by atoms with E-state index in [1.807, 2.05) is 0 Å². The van der Waals surface area contributed by atoms with Crippen LogP contribution in [0.25, 0.3) is 116 Å². The molecule has 0 bridgehead atoms. The molecule has 3 nitrogen and oxygen atoms in total. The molecule has 294 valence electrons. The van der Waals surface area contributed by atoms with Crippen LogP contribution in [0.3, 0.4) is 0 Å². The summed E-state index contributed by atoms with van der Waals surface area (Å²) in [5.41, 5.74) is 17.8. The van der Waals surface area contributed by atoms with Gasteiger partial charge < -0.3 is 13.7 Å². The van der Waals surface area contributed by atoms with Crippen LogP contribution in [0, 0.1) is 0 Å². The summed E-state index contributed by atoms with van der Waals surface area (Å²) in [5.74, 6) is 0. The molecule has 13 aromatic rings. The Balaban J connectivity index is 0.992. The molecule has 3 heterocycles. The number of benzene rings is 10. The third-order valence-corrected chi connectivity index (χ3v) is 13.0. The number of aromatic nitrogens is 3. The fraction of sp³-hybridized carbons (Fsp3) is 0. The Kier molecular flexibility index (Phi) is 7.91. The van der Waals surface area contributed by atoms with Crippen LogP contribution in [0.4, 0.5) is 0 Å². The maximum absolute atomic E-state index is 2.43. The zero-order valence-corrected chi connectivity index (χ0v) is 34.4. The van der Waals surface area contributed by atoms with E-state index in [4.69, 9.17) is 0 Å². The first-order chi connectivity index (χ1) is 31.2. The van der Waals surface area contributed by atoms with Crippen molar-refractivity contribution in [1.29, 1.82) is 0 Å². The highest BCUT2D eigenvalue weighted by Crippen LogP contribution is 2.41. The van der Waals surface area contributed by atoms with Crippen LogP contribution in [0.2, 0.25) is 0 Å². The summed E-state index contributed by atoms with van der Waals surface area (Å²) < 4.78 is 7.22. The zero-order valence-electron chi connectivity index (χ0n) is 34.4. The highest BCUT2D eigenvalue weighted by Gasteiger charge is 2.18. The number of fused-ring (bicyclic) bond motifs is 9. The van der Waals surface area contributed by atoms with Crippen molar-refractivity contribution < 1.29 is 0 Å². The van der Waals surface area contributed by atoms with Gasteiger partial charge in [0, 0.05) is 49.4 Å². The van der Waals surface area contributed by atoms with Crippen LogP contribution in [0.1, 0.15) is 0 Å². The van der Waals surface area contributed by atoms with Crippen molar-refractivity contribution in [3.63, 3.8) is 0 Å². The highest BCUT2D eigenvalue weighted by molar-refractivity contribution is 6.14. The molecule has 63 heavy (non-hydrogen) atoms. The van der Waals surface area contributed by atoms with Crippen molar-refractivity contribution in [2.24, 2.45) is 0 Å². The Morgan fingerprint density at radius 2 is 0.444 bits per heavy atom. The molecule has 0 amide bonds. The molecule has 0 N–H and O–H groups in total. The Morgan fingerprint density at radius 1 is 0.175 bits per heavy atom. The molecule has 3 aromatic heterocycles. The second-order valence-electron chi connectivity index (χ2n) is 16.6. The molecule has 0 unspecified atom stereocenters. The van der Waals surface area contributed by atoms with Crippen LogP contribution in [0.15, 0.2) is 237 Å². The average Bonchev–Trinajstić information content (AvgIpc) is 3.99. The number of nitrogens with zero attached hydrogens (tertiary/aromatic N) is 3. The molecular formula is C60H39N3. The summed E-state index contributed by atoms with van der Waals surface area (Å²) in [6.07, 6.45) is 0. The molecule has 13 rings (SSSR count). The fourth-order valence-electron chi connectivity index (χ4n) is 10.1. The molecule has 10 aromatic carbocycles. The van der Waals surface area contributed by atoms with Crippen LogP contribution in [-0.2, 0) is 0 Å². The normalized spacial score (nSPS) is 11.8. The lowest BCUT2D eigenvalue weighted by Gasteiger charge is -2.12. The minimum atomic E-state index is 1.13. The highest BCUT2D eigenvalue weighted by atomic mass is 15.0. The van der Waals surface area contributed by atoms with E-state index in [1.54, 1.807) is 0 Å². The Labute approximate surface area is 364 Å². The molecule has 0 atom stereocenters. The van der Waals surface area contributed by atoms with Gasteiger partial charge in [0.15, 0.2) is 0 Å². The van der Waals surface area contributed by atoms with Gasteiger partial charge in [0.1, 0.15) is 0 Å². The molecule has 3 heteroatoms. The molecule has 0 aliphatic rings. The zero-order chi connectivity index (χ0) is 41.4. The van der Waals surface area contributed by atoms with Crippen molar-refractivity contribution >= 4 is 65.4 Å². The monoisotopic (exact) mass is 801 g/mol. The number of hydrogen-bond acceptors (Lipinski definition) is 0. The molecule has 0 spiro atoms. The summed E-state index contributed by atoms with van der Waals surface area (Å²) in [6, 6.07) is 86.5. The first-order valence-electron chi connectivity index (χ1n) is 21.7. The van der Waals surface area contributed by atoms with Crippen molar-refractivity contribution in [2.45, 2.75) is 0 Å². The molecule has 0 saturated heterocycles. The lowest BCUT2D eigenvalue weighted by molar-refractivity contribution is 1.14. The van der Waals surface area contributed by atoms with Gasteiger partial charge >= 0.3 is 0 Å².